The van der Waals surface area contributed by atoms with Gasteiger partial charge in [-0.3, -0.25) is 0 Å². The maximum Gasteiger partial charge on any atom is -1.00 e. The van der Waals surface area contributed by atoms with Crippen molar-refractivity contribution in [3.63, 3.8) is 0 Å². The van der Waals surface area contributed by atoms with Gasteiger partial charge < -0.3 is 24.0 Å². The molecule has 0 saturated heterocycles. The Bertz CT molecular complexity index is 751. The Morgan fingerprint density at radius 2 is 1.26 bits per heavy atom. The van der Waals surface area contributed by atoms with Crippen LogP contribution in [0, 0.1) is 23.2 Å². The van der Waals surface area contributed by atoms with Gasteiger partial charge in [0.1, 0.15) is 0 Å². The van der Waals surface area contributed by atoms with Gasteiger partial charge >= 0.3 is 197 Å². The molecule has 0 spiro atoms. The van der Waals surface area contributed by atoms with Gasteiger partial charge in [0.05, 0.1) is 0 Å². The van der Waals surface area contributed by atoms with Crippen LogP contribution in [0.15, 0.2) is 28.2 Å². The average Bonchev–Trinajstić information content (AvgIpc) is 2.61. The van der Waals surface area contributed by atoms with Crippen LogP contribution in [0.3, 0.4) is 0 Å². The van der Waals surface area contributed by atoms with Gasteiger partial charge in [0.25, 0.3) is 0 Å². The fraction of sp³-hybridized carbons (Fsp3) is 0.704. The zero-order valence-electron chi connectivity index (χ0n) is 20.3. The van der Waals surface area contributed by atoms with Crippen molar-refractivity contribution in [1.82, 2.24) is 0 Å². The van der Waals surface area contributed by atoms with Crippen LogP contribution in [-0.2, 0) is 0 Å². The van der Waals surface area contributed by atoms with E-state index in [0.29, 0.717) is 5.41 Å². The summed E-state index contributed by atoms with van der Waals surface area (Å²) in [5, 5.41) is 0. The van der Waals surface area contributed by atoms with Crippen LogP contribution in [0.25, 0.3) is 0 Å². The Labute approximate surface area is 219 Å². The van der Waals surface area contributed by atoms with Gasteiger partial charge in [0, 0.05) is 0 Å². The van der Waals surface area contributed by atoms with Crippen LogP contribution in [0.5, 0.6) is 0 Å². The molecule has 4 saturated carbocycles. The third-order valence-electron chi connectivity index (χ3n) is 7.02. The van der Waals surface area contributed by atoms with Crippen molar-refractivity contribution in [2.24, 2.45) is 33.2 Å². The summed E-state index contributed by atoms with van der Waals surface area (Å²) in [7, 11) is 0. The van der Waals surface area contributed by atoms with E-state index < -0.39 is 23.2 Å². The molecular weight excluding hydrogens is 688 g/mol. The van der Waals surface area contributed by atoms with Gasteiger partial charge in [-0.1, -0.05) is 0 Å². The molecule has 0 aliphatic heterocycles. The predicted molar refractivity (Wildman–Crippen MR) is 132 cm³/mol. The summed E-state index contributed by atoms with van der Waals surface area (Å²) in [5.41, 5.74) is 3.37. The Kier molecular flexibility index (Phi) is 8.16. The van der Waals surface area contributed by atoms with Crippen molar-refractivity contribution < 1.29 is 24.0 Å². The first-order valence-corrected chi connectivity index (χ1v) is 16.1. The number of hydrogen-bond acceptors (Lipinski definition) is 2. The quantitative estimate of drug-likeness (QED) is 0.253. The molecule has 4 heteroatoms. The van der Waals surface area contributed by atoms with Crippen molar-refractivity contribution in [3.8, 4) is 0 Å². The molecule has 4 bridgehead atoms. The van der Waals surface area contributed by atoms with E-state index in [-0.39, 0.29) is 35.1 Å². The number of benzene rings is 1. The van der Waals surface area contributed by atoms with Crippen molar-refractivity contribution in [2.75, 3.05) is 0 Å². The van der Waals surface area contributed by atoms with E-state index in [4.69, 9.17) is 9.98 Å². The first-order chi connectivity index (χ1) is 14.0. The molecule has 2 radical (unpaired) electrons. The third kappa shape index (κ3) is 6.84. The zero-order chi connectivity index (χ0) is 21.6. The molecule has 4 aliphatic carbocycles. The van der Waals surface area contributed by atoms with Gasteiger partial charge in [-0.2, -0.15) is 0 Å². The minimum absolute atomic E-state index is 0. The van der Waals surface area contributed by atoms with E-state index in [1.54, 1.807) is 22.5 Å². The van der Waals surface area contributed by atoms with Crippen molar-refractivity contribution in [3.05, 3.63) is 29.3 Å². The maximum absolute atomic E-state index is 4.87. The summed E-state index contributed by atoms with van der Waals surface area (Å²) in [6.45, 7) is 13.1. The number of halogens is 1. The predicted octanol–water partition coefficient (Wildman–Crippen LogP) is 3.09. The van der Waals surface area contributed by atoms with E-state index in [1.807, 2.05) is 0 Å². The molecule has 170 valence electrons. The Morgan fingerprint density at radius 1 is 0.839 bits per heavy atom. The van der Waals surface area contributed by atoms with Crippen LogP contribution in [0.1, 0.15) is 91.2 Å². The normalized spacial score (nSPS) is 30.3. The number of hydrogen-bond donors (Lipinski definition) is 0. The van der Waals surface area contributed by atoms with Crippen molar-refractivity contribution >= 4 is 38.9 Å². The van der Waals surface area contributed by atoms with Gasteiger partial charge in [-0.25, -0.2) is 0 Å². The summed E-state index contributed by atoms with van der Waals surface area (Å²) >= 11 is -0.845. The van der Waals surface area contributed by atoms with Crippen LogP contribution in [-0.4, -0.2) is 46.7 Å². The molecule has 4 fully saturated rings. The molecule has 5 rings (SSSR count). The number of aliphatic imine (C=N–C) groups is 2. The summed E-state index contributed by atoms with van der Waals surface area (Å²) in [5.74, 6) is 3.16. The molecule has 0 N–H and O–H groups in total. The molecule has 0 aromatic heterocycles. The van der Waals surface area contributed by atoms with Crippen LogP contribution in [0.2, 0.25) is 4.13 Å². The van der Waals surface area contributed by atoms with E-state index in [2.05, 4.69) is 72.2 Å². The molecule has 0 amide bonds. The van der Waals surface area contributed by atoms with Crippen molar-refractivity contribution in [2.45, 2.75) is 95.3 Å². The smallest absolute Gasteiger partial charge is 1.00 e. The monoisotopic (exact) mass is 728 g/mol. The SMILES string of the molecule is CC(C)(C)N=Cc1cccc(C=NC(C)(C)C)[c]1[Bi+][CH2]C12CC3CC(CC(C3)C1)C2.[I-]. The second-order valence-corrected chi connectivity index (χ2v) is 16.6. The van der Waals surface area contributed by atoms with E-state index in [9.17, 15) is 0 Å². The molecular formula is C27H40BiIN2. The molecule has 2 nitrogen and oxygen atoms in total. The Hall–Kier alpha value is 0.173. The second-order valence-electron chi connectivity index (χ2n) is 12.4. The summed E-state index contributed by atoms with van der Waals surface area (Å²) < 4.78 is 3.15. The maximum atomic E-state index is 4.87. The molecule has 31 heavy (non-hydrogen) atoms. The van der Waals surface area contributed by atoms with Crippen LogP contribution in [0.4, 0.5) is 0 Å². The summed E-state index contributed by atoms with van der Waals surface area (Å²) in [6, 6.07) is 6.79. The first kappa shape index (κ1) is 25.8. The zero-order valence-corrected chi connectivity index (χ0v) is 25.9. The first-order valence-electron chi connectivity index (χ1n) is 11.9. The average molecular weight is 729 g/mol. The fourth-order valence-electron chi connectivity index (χ4n) is 6.23. The van der Waals surface area contributed by atoms with Crippen LogP contribution >= 0.6 is 0 Å². The standard InChI is InChI=1S/C16H23N2.C11H17.Bi.HI/c1-15(2,3)17-11-13-8-7-9-14(10-13)12-18-16(4,5)6;1-11-5-8-2-9(6-11)4-10(3-8)7-11;;/h7-9,11-12H,1-6H3;8-10H,1-7H2;;1H/q;;+1;/p-1. The second kappa shape index (κ2) is 9.81. The Balaban J connectivity index is 0.00000272. The van der Waals surface area contributed by atoms with Gasteiger partial charge in [-0.15, -0.1) is 0 Å². The fourth-order valence-corrected chi connectivity index (χ4v) is 12.1. The molecule has 1 aromatic carbocycles. The van der Waals surface area contributed by atoms with E-state index >= 15 is 0 Å². The van der Waals surface area contributed by atoms with Gasteiger partial charge in [0.15, 0.2) is 0 Å². The minimum Gasteiger partial charge on any atom is -1.00 e. The molecule has 1 aromatic rings. The van der Waals surface area contributed by atoms with Gasteiger partial charge in [0.2, 0.25) is 0 Å². The Morgan fingerprint density at radius 3 is 1.65 bits per heavy atom. The summed E-state index contributed by atoms with van der Waals surface area (Å²) in [6.07, 6.45) is 13.6. The van der Waals surface area contributed by atoms with Gasteiger partial charge in [-0.05, 0) is 0 Å². The van der Waals surface area contributed by atoms with E-state index in [0.717, 1.165) is 17.8 Å². The molecule has 4 aliphatic rings. The molecule has 0 atom stereocenters. The third-order valence-corrected chi connectivity index (χ3v) is 13.5. The van der Waals surface area contributed by atoms with E-state index in [1.165, 1.54) is 34.5 Å². The molecule has 0 heterocycles. The number of rotatable bonds is 5. The minimum atomic E-state index is -0.845. The summed E-state index contributed by atoms with van der Waals surface area (Å²) in [4.78, 5) is 9.74. The topological polar surface area (TPSA) is 24.7 Å². The van der Waals surface area contributed by atoms with Crippen molar-refractivity contribution in [1.29, 1.82) is 0 Å². The largest absolute Gasteiger partial charge is 1.00 e. The number of nitrogens with zero attached hydrogens (tertiary/aromatic N) is 2. The molecule has 0 unspecified atom stereocenters. The van der Waals surface area contributed by atoms with Crippen LogP contribution < -0.4 is 27.2 Å².